The molecule has 1 aromatic heterocycles. The molecule has 4 rings (SSSR count). The Kier molecular flexibility index (Phi) is 5.51. The van der Waals surface area contributed by atoms with E-state index >= 15 is 0 Å². The summed E-state index contributed by atoms with van der Waals surface area (Å²) in [4.78, 5) is 11.9. The molecule has 29 heavy (non-hydrogen) atoms. The number of amides is 1. The Morgan fingerprint density at radius 3 is 2.55 bits per heavy atom. The third-order valence-electron chi connectivity index (χ3n) is 5.26. The van der Waals surface area contributed by atoms with Gasteiger partial charge in [-0.2, -0.15) is 0 Å². The Balaban J connectivity index is 1.63. The third kappa shape index (κ3) is 4.42. The minimum Gasteiger partial charge on any atom is -0.440 e. The number of nitrogens with one attached hydrogen (secondary N) is 1. The molecule has 0 unspecified atom stereocenters. The van der Waals surface area contributed by atoms with E-state index in [0.29, 0.717) is 23.2 Å². The van der Waals surface area contributed by atoms with Crippen molar-refractivity contribution in [2.45, 2.75) is 38.1 Å². The number of rotatable bonds is 6. The second-order valence-corrected chi connectivity index (χ2v) is 7.35. The zero-order chi connectivity index (χ0) is 20.2. The van der Waals surface area contributed by atoms with Gasteiger partial charge in [0.2, 0.25) is 5.88 Å². The van der Waals surface area contributed by atoms with Crippen LogP contribution in [0.4, 0.5) is 10.1 Å². The number of nitrogens with zero attached hydrogens (tertiary/aromatic N) is 1. The molecule has 1 aliphatic carbocycles. The van der Waals surface area contributed by atoms with Crippen LogP contribution < -0.4 is 15.8 Å². The van der Waals surface area contributed by atoms with E-state index in [9.17, 15) is 9.18 Å². The SMILES string of the molecule is NC(=O)c1ccc(-n2cccc2Oc2ccc(F)cc2)cc1NC1CCCCC1. The molecule has 0 saturated heterocycles. The van der Waals surface area contributed by atoms with E-state index in [-0.39, 0.29) is 5.82 Å². The quantitative estimate of drug-likeness (QED) is 0.601. The molecule has 1 saturated carbocycles. The molecule has 0 atom stereocenters. The van der Waals surface area contributed by atoms with Crippen molar-refractivity contribution >= 4 is 11.6 Å². The Morgan fingerprint density at radius 2 is 1.83 bits per heavy atom. The van der Waals surface area contributed by atoms with E-state index in [0.717, 1.165) is 24.2 Å². The summed E-state index contributed by atoms with van der Waals surface area (Å²) in [5.41, 5.74) is 7.65. The first-order chi connectivity index (χ1) is 14.1. The van der Waals surface area contributed by atoms with Crippen molar-refractivity contribution in [2.75, 3.05) is 5.32 Å². The molecule has 1 amide bonds. The lowest BCUT2D eigenvalue weighted by molar-refractivity contribution is 0.100. The third-order valence-corrected chi connectivity index (χ3v) is 5.26. The molecule has 1 heterocycles. The minimum atomic E-state index is -0.454. The Bertz CT molecular complexity index is 992. The average Bonchev–Trinajstić information content (AvgIpc) is 3.18. The average molecular weight is 393 g/mol. The normalized spacial score (nSPS) is 14.5. The molecule has 3 aromatic rings. The number of ether oxygens (including phenoxy) is 1. The predicted octanol–water partition coefficient (Wildman–Crippen LogP) is 5.25. The summed E-state index contributed by atoms with van der Waals surface area (Å²) >= 11 is 0. The highest BCUT2D eigenvalue weighted by atomic mass is 19.1. The van der Waals surface area contributed by atoms with Crippen LogP contribution in [0.2, 0.25) is 0 Å². The molecule has 0 aliphatic heterocycles. The van der Waals surface area contributed by atoms with E-state index in [2.05, 4.69) is 5.32 Å². The first-order valence-electron chi connectivity index (χ1n) is 9.92. The number of nitrogens with two attached hydrogens (primary N) is 1. The molecular weight excluding hydrogens is 369 g/mol. The van der Waals surface area contributed by atoms with Crippen molar-refractivity contribution in [3.05, 3.63) is 72.2 Å². The monoisotopic (exact) mass is 393 g/mol. The summed E-state index contributed by atoms with van der Waals surface area (Å²) in [5.74, 6) is 0.367. The molecule has 1 fully saturated rings. The fraction of sp³-hybridized carbons (Fsp3) is 0.261. The molecule has 0 bridgehead atoms. The van der Waals surface area contributed by atoms with E-state index in [1.165, 1.54) is 31.4 Å². The van der Waals surface area contributed by atoms with Crippen LogP contribution >= 0.6 is 0 Å². The van der Waals surface area contributed by atoms with Crippen LogP contribution in [-0.2, 0) is 0 Å². The van der Waals surface area contributed by atoms with Gasteiger partial charge in [0.05, 0.1) is 11.3 Å². The number of primary amides is 1. The van der Waals surface area contributed by atoms with Gasteiger partial charge in [0, 0.05) is 24.0 Å². The Morgan fingerprint density at radius 1 is 1.07 bits per heavy atom. The van der Waals surface area contributed by atoms with Gasteiger partial charge in [0.25, 0.3) is 5.91 Å². The zero-order valence-electron chi connectivity index (χ0n) is 16.1. The summed E-state index contributed by atoms with van der Waals surface area (Å²) in [7, 11) is 0. The summed E-state index contributed by atoms with van der Waals surface area (Å²) in [6.07, 6.45) is 7.69. The highest BCUT2D eigenvalue weighted by molar-refractivity contribution is 5.99. The van der Waals surface area contributed by atoms with E-state index < -0.39 is 5.91 Å². The van der Waals surface area contributed by atoms with Crippen LogP contribution in [-0.4, -0.2) is 16.5 Å². The number of benzene rings is 2. The fourth-order valence-corrected chi connectivity index (χ4v) is 3.77. The lowest BCUT2D eigenvalue weighted by Gasteiger charge is -2.25. The first-order valence-corrected chi connectivity index (χ1v) is 9.92. The van der Waals surface area contributed by atoms with Crippen molar-refractivity contribution < 1.29 is 13.9 Å². The van der Waals surface area contributed by atoms with Crippen LogP contribution in [0.15, 0.2) is 60.8 Å². The summed E-state index contributed by atoms with van der Waals surface area (Å²) in [6.45, 7) is 0. The number of anilines is 1. The molecule has 150 valence electrons. The van der Waals surface area contributed by atoms with Crippen LogP contribution in [0.3, 0.4) is 0 Å². The maximum Gasteiger partial charge on any atom is 0.250 e. The van der Waals surface area contributed by atoms with Crippen molar-refractivity contribution in [1.82, 2.24) is 4.57 Å². The maximum absolute atomic E-state index is 13.1. The predicted molar refractivity (Wildman–Crippen MR) is 111 cm³/mol. The molecule has 1 aliphatic rings. The Hall–Kier alpha value is -3.28. The summed E-state index contributed by atoms with van der Waals surface area (Å²) in [6, 6.07) is 15.4. The number of halogens is 1. The largest absolute Gasteiger partial charge is 0.440 e. The number of aromatic nitrogens is 1. The van der Waals surface area contributed by atoms with Crippen LogP contribution in [0.5, 0.6) is 11.6 Å². The Labute approximate surface area is 169 Å². The summed E-state index contributed by atoms with van der Waals surface area (Å²) < 4.78 is 20.9. The molecule has 6 heteroatoms. The van der Waals surface area contributed by atoms with Crippen molar-refractivity contribution in [2.24, 2.45) is 5.73 Å². The maximum atomic E-state index is 13.1. The van der Waals surface area contributed by atoms with Gasteiger partial charge < -0.3 is 15.8 Å². The van der Waals surface area contributed by atoms with Gasteiger partial charge in [0.1, 0.15) is 11.6 Å². The van der Waals surface area contributed by atoms with Gasteiger partial charge in [-0.25, -0.2) is 4.39 Å². The number of carbonyl (C=O) groups is 1. The fourth-order valence-electron chi connectivity index (χ4n) is 3.77. The molecule has 0 spiro atoms. The van der Waals surface area contributed by atoms with Crippen LogP contribution in [0.25, 0.3) is 5.69 Å². The second-order valence-electron chi connectivity index (χ2n) is 7.35. The molecule has 3 N–H and O–H groups in total. The number of hydrogen-bond acceptors (Lipinski definition) is 3. The van der Waals surface area contributed by atoms with Gasteiger partial charge in [-0.3, -0.25) is 9.36 Å². The standard InChI is InChI=1S/C23H24FN3O2/c24-16-8-11-19(12-9-16)29-22-7-4-14-27(22)18-10-13-20(23(25)28)21(15-18)26-17-5-2-1-3-6-17/h4,7-15,17,26H,1-3,5-6H2,(H2,25,28). The van der Waals surface area contributed by atoms with Crippen LogP contribution in [0.1, 0.15) is 42.5 Å². The van der Waals surface area contributed by atoms with Gasteiger partial charge in [-0.15, -0.1) is 0 Å². The van der Waals surface area contributed by atoms with E-state index in [1.54, 1.807) is 18.2 Å². The van der Waals surface area contributed by atoms with Crippen molar-refractivity contribution in [3.63, 3.8) is 0 Å². The first kappa shape index (κ1) is 19.1. The van der Waals surface area contributed by atoms with Crippen LogP contribution in [0, 0.1) is 5.82 Å². The molecule has 5 nitrogen and oxygen atoms in total. The van der Waals surface area contributed by atoms with Crippen molar-refractivity contribution in [3.8, 4) is 17.3 Å². The lowest BCUT2D eigenvalue weighted by atomic mass is 9.95. The second kappa shape index (κ2) is 8.39. The topological polar surface area (TPSA) is 69.3 Å². The van der Waals surface area contributed by atoms with Crippen molar-refractivity contribution in [1.29, 1.82) is 0 Å². The molecule has 2 aromatic carbocycles. The van der Waals surface area contributed by atoms with Gasteiger partial charge in [0.15, 0.2) is 0 Å². The van der Waals surface area contributed by atoms with E-state index in [4.69, 9.17) is 10.5 Å². The number of hydrogen-bond donors (Lipinski definition) is 2. The lowest BCUT2D eigenvalue weighted by Crippen LogP contribution is -2.24. The highest BCUT2D eigenvalue weighted by Crippen LogP contribution is 2.29. The number of carbonyl (C=O) groups excluding carboxylic acids is 1. The molecule has 0 radical (unpaired) electrons. The summed E-state index contributed by atoms with van der Waals surface area (Å²) in [5, 5.41) is 3.51. The minimum absolute atomic E-state index is 0.312. The van der Waals surface area contributed by atoms with Gasteiger partial charge in [-0.1, -0.05) is 19.3 Å². The van der Waals surface area contributed by atoms with Gasteiger partial charge >= 0.3 is 0 Å². The highest BCUT2D eigenvalue weighted by Gasteiger charge is 2.17. The van der Waals surface area contributed by atoms with Gasteiger partial charge in [-0.05, 0) is 61.4 Å². The smallest absolute Gasteiger partial charge is 0.250 e. The molecular formula is C23H24FN3O2. The zero-order valence-corrected chi connectivity index (χ0v) is 16.1. The van der Waals surface area contributed by atoms with E-state index in [1.807, 2.05) is 35.0 Å².